The number of aromatic nitrogens is 1. The molecule has 0 saturated carbocycles. The standard InChI is InChI=1S/C18H16FN3O3/c1-24-16-8-12-7-15(21-14(12)9-17(16)25-2)18(23)22-20-10-11-3-5-13(19)6-4-11/h3-10,21H,1-2H3,(H,22,23)/b20-10+. The molecule has 1 aromatic heterocycles. The maximum absolute atomic E-state index is 12.8. The van der Waals surface area contributed by atoms with Gasteiger partial charge >= 0.3 is 0 Å². The van der Waals surface area contributed by atoms with E-state index in [0.29, 0.717) is 22.8 Å². The van der Waals surface area contributed by atoms with E-state index in [4.69, 9.17) is 9.47 Å². The SMILES string of the molecule is COc1cc2cc(C(=O)N/N=C/c3ccc(F)cc3)[nH]c2cc1OC. The van der Waals surface area contributed by atoms with Crippen LogP contribution >= 0.6 is 0 Å². The van der Waals surface area contributed by atoms with Crippen molar-refractivity contribution in [1.29, 1.82) is 0 Å². The Labute approximate surface area is 143 Å². The number of carbonyl (C=O) groups is 1. The molecule has 1 amide bonds. The molecule has 0 fully saturated rings. The first-order chi connectivity index (χ1) is 12.1. The third-order valence-electron chi connectivity index (χ3n) is 3.62. The van der Waals surface area contributed by atoms with E-state index in [0.717, 1.165) is 10.9 Å². The average Bonchev–Trinajstić information content (AvgIpc) is 3.05. The lowest BCUT2D eigenvalue weighted by molar-refractivity contribution is 0.0951. The largest absolute Gasteiger partial charge is 0.493 e. The smallest absolute Gasteiger partial charge is 0.287 e. The number of aromatic amines is 1. The highest BCUT2D eigenvalue weighted by Gasteiger charge is 2.12. The summed E-state index contributed by atoms with van der Waals surface area (Å²) in [5.41, 5.74) is 4.19. The van der Waals surface area contributed by atoms with Crippen molar-refractivity contribution in [3.05, 3.63) is 59.5 Å². The number of nitrogens with zero attached hydrogens (tertiary/aromatic N) is 1. The zero-order chi connectivity index (χ0) is 17.8. The van der Waals surface area contributed by atoms with Crippen LogP contribution in [0.15, 0.2) is 47.6 Å². The van der Waals surface area contributed by atoms with Crippen LogP contribution in [0.1, 0.15) is 16.1 Å². The minimum absolute atomic E-state index is 0.329. The molecule has 0 unspecified atom stereocenters. The first kappa shape index (κ1) is 16.5. The van der Waals surface area contributed by atoms with Gasteiger partial charge in [0.25, 0.3) is 5.91 Å². The summed E-state index contributed by atoms with van der Waals surface area (Å²) in [6, 6.07) is 11.0. The first-order valence-corrected chi connectivity index (χ1v) is 7.44. The Morgan fingerprint density at radius 3 is 2.48 bits per heavy atom. The Morgan fingerprint density at radius 1 is 1.12 bits per heavy atom. The van der Waals surface area contributed by atoms with Gasteiger partial charge in [-0.1, -0.05) is 12.1 Å². The minimum atomic E-state index is -0.396. The number of methoxy groups -OCH3 is 2. The van der Waals surface area contributed by atoms with Crippen molar-refractivity contribution in [3.8, 4) is 11.5 Å². The highest BCUT2D eigenvalue weighted by Crippen LogP contribution is 2.32. The number of H-pyrrole nitrogens is 1. The first-order valence-electron chi connectivity index (χ1n) is 7.44. The molecule has 7 heteroatoms. The number of hydrogen-bond acceptors (Lipinski definition) is 4. The van der Waals surface area contributed by atoms with Crippen LogP contribution in [-0.4, -0.2) is 31.3 Å². The molecule has 0 aliphatic rings. The van der Waals surface area contributed by atoms with Gasteiger partial charge in [0.05, 0.1) is 20.4 Å². The molecule has 0 radical (unpaired) electrons. The quantitative estimate of drug-likeness (QED) is 0.553. The molecular weight excluding hydrogens is 325 g/mol. The number of hydrogen-bond donors (Lipinski definition) is 2. The lowest BCUT2D eigenvalue weighted by Crippen LogP contribution is -2.17. The molecule has 2 N–H and O–H groups in total. The second kappa shape index (κ2) is 7.04. The fourth-order valence-electron chi connectivity index (χ4n) is 2.36. The fourth-order valence-corrected chi connectivity index (χ4v) is 2.36. The van der Waals surface area contributed by atoms with E-state index in [9.17, 15) is 9.18 Å². The third-order valence-corrected chi connectivity index (χ3v) is 3.62. The highest BCUT2D eigenvalue weighted by molar-refractivity contribution is 5.99. The van der Waals surface area contributed by atoms with Gasteiger partial charge < -0.3 is 14.5 Å². The number of fused-ring (bicyclic) bond motifs is 1. The molecule has 3 rings (SSSR count). The fraction of sp³-hybridized carbons (Fsp3) is 0.111. The van der Waals surface area contributed by atoms with Crippen LogP contribution in [0.2, 0.25) is 0 Å². The molecule has 0 spiro atoms. The van der Waals surface area contributed by atoms with Crippen LogP contribution < -0.4 is 14.9 Å². The normalized spacial score (nSPS) is 11.0. The predicted octanol–water partition coefficient (Wildman–Crippen LogP) is 3.09. The molecule has 0 atom stereocenters. The summed E-state index contributed by atoms with van der Waals surface area (Å²) in [5.74, 6) is 0.422. The average molecular weight is 341 g/mol. The van der Waals surface area contributed by atoms with Gasteiger partial charge in [0.15, 0.2) is 11.5 Å². The van der Waals surface area contributed by atoms with Gasteiger partial charge in [-0.15, -0.1) is 0 Å². The molecule has 0 bridgehead atoms. The van der Waals surface area contributed by atoms with Crippen molar-refractivity contribution in [2.45, 2.75) is 0 Å². The zero-order valence-corrected chi connectivity index (χ0v) is 13.7. The van der Waals surface area contributed by atoms with Crippen LogP contribution in [0.3, 0.4) is 0 Å². The van der Waals surface area contributed by atoms with Gasteiger partial charge in [0, 0.05) is 17.0 Å². The summed E-state index contributed by atoms with van der Waals surface area (Å²) in [6.07, 6.45) is 1.44. The summed E-state index contributed by atoms with van der Waals surface area (Å²) < 4.78 is 23.3. The van der Waals surface area contributed by atoms with E-state index < -0.39 is 5.91 Å². The summed E-state index contributed by atoms with van der Waals surface area (Å²) >= 11 is 0. The van der Waals surface area contributed by atoms with Crippen LogP contribution in [0.25, 0.3) is 10.9 Å². The molecule has 0 aliphatic carbocycles. The Morgan fingerprint density at radius 2 is 1.80 bits per heavy atom. The van der Waals surface area contributed by atoms with Crippen molar-refractivity contribution >= 4 is 23.0 Å². The van der Waals surface area contributed by atoms with Crippen LogP contribution in [0, 0.1) is 5.82 Å². The topological polar surface area (TPSA) is 75.7 Å². The molecule has 2 aromatic carbocycles. The lowest BCUT2D eigenvalue weighted by atomic mass is 10.2. The number of amides is 1. The van der Waals surface area contributed by atoms with Gasteiger partial charge in [0.1, 0.15) is 11.5 Å². The van der Waals surface area contributed by atoms with Crippen LogP contribution in [-0.2, 0) is 0 Å². The lowest BCUT2D eigenvalue weighted by Gasteiger charge is -2.06. The third kappa shape index (κ3) is 3.60. The molecule has 0 saturated heterocycles. The Bertz CT molecular complexity index is 892. The minimum Gasteiger partial charge on any atom is -0.493 e. The monoisotopic (exact) mass is 341 g/mol. The Balaban J connectivity index is 1.76. The van der Waals surface area contributed by atoms with E-state index in [1.807, 2.05) is 0 Å². The van der Waals surface area contributed by atoms with Crippen molar-refractivity contribution in [2.24, 2.45) is 5.10 Å². The molecule has 0 aliphatic heterocycles. The van der Waals surface area contributed by atoms with Gasteiger partial charge in [0.2, 0.25) is 0 Å². The van der Waals surface area contributed by atoms with Crippen molar-refractivity contribution in [1.82, 2.24) is 10.4 Å². The Hall–Kier alpha value is -3.35. The molecule has 6 nitrogen and oxygen atoms in total. The predicted molar refractivity (Wildman–Crippen MR) is 92.9 cm³/mol. The van der Waals surface area contributed by atoms with Crippen LogP contribution in [0.4, 0.5) is 4.39 Å². The molecular formula is C18H16FN3O3. The van der Waals surface area contributed by atoms with E-state index in [-0.39, 0.29) is 5.82 Å². The van der Waals surface area contributed by atoms with Crippen molar-refractivity contribution in [2.75, 3.05) is 14.2 Å². The number of carbonyl (C=O) groups excluding carboxylic acids is 1. The second-order valence-corrected chi connectivity index (χ2v) is 5.23. The number of halogens is 1. The van der Waals surface area contributed by atoms with Gasteiger partial charge in [-0.25, -0.2) is 9.82 Å². The zero-order valence-electron chi connectivity index (χ0n) is 13.7. The van der Waals surface area contributed by atoms with Gasteiger partial charge in [-0.3, -0.25) is 4.79 Å². The Kier molecular flexibility index (Phi) is 4.65. The number of rotatable bonds is 5. The molecule has 3 aromatic rings. The molecule has 1 heterocycles. The second-order valence-electron chi connectivity index (χ2n) is 5.23. The number of hydrazone groups is 1. The van der Waals surface area contributed by atoms with Gasteiger partial charge in [-0.05, 0) is 29.8 Å². The van der Waals surface area contributed by atoms with E-state index in [1.165, 1.54) is 18.3 Å². The van der Waals surface area contributed by atoms with Crippen LogP contribution in [0.5, 0.6) is 11.5 Å². The number of ether oxygens (including phenoxy) is 2. The van der Waals surface area contributed by atoms with E-state index >= 15 is 0 Å². The molecule has 25 heavy (non-hydrogen) atoms. The maximum atomic E-state index is 12.8. The maximum Gasteiger partial charge on any atom is 0.287 e. The number of nitrogens with one attached hydrogen (secondary N) is 2. The summed E-state index contributed by atoms with van der Waals surface area (Å²) in [7, 11) is 3.10. The molecule has 128 valence electrons. The van der Waals surface area contributed by atoms with E-state index in [2.05, 4.69) is 15.5 Å². The summed E-state index contributed by atoms with van der Waals surface area (Å²) in [5, 5.41) is 4.68. The van der Waals surface area contributed by atoms with Crippen molar-refractivity contribution in [3.63, 3.8) is 0 Å². The summed E-state index contributed by atoms with van der Waals surface area (Å²) in [4.78, 5) is 15.2. The van der Waals surface area contributed by atoms with Crippen molar-refractivity contribution < 1.29 is 18.7 Å². The van der Waals surface area contributed by atoms with E-state index in [1.54, 1.807) is 44.6 Å². The highest BCUT2D eigenvalue weighted by atomic mass is 19.1. The number of benzene rings is 2. The summed E-state index contributed by atoms with van der Waals surface area (Å²) in [6.45, 7) is 0. The van der Waals surface area contributed by atoms with Gasteiger partial charge in [-0.2, -0.15) is 5.10 Å².